The van der Waals surface area contributed by atoms with Gasteiger partial charge in [0.1, 0.15) is 30.2 Å². The zero-order valence-corrected chi connectivity index (χ0v) is 13.6. The Morgan fingerprint density at radius 2 is 2.20 bits per heavy atom. The minimum atomic E-state index is -1.02. The molecular weight excluding hydrogens is 330 g/mol. The van der Waals surface area contributed by atoms with E-state index in [0.29, 0.717) is 17.8 Å². The maximum atomic E-state index is 10.7. The zero-order valence-electron chi connectivity index (χ0n) is 13.6. The summed E-state index contributed by atoms with van der Waals surface area (Å²) in [5.41, 5.74) is 6.67. The number of rotatable bonds is 4. The predicted molar refractivity (Wildman–Crippen MR) is 85.2 cm³/mol. The molecule has 5 atom stereocenters. The van der Waals surface area contributed by atoms with E-state index in [1.54, 1.807) is 4.57 Å². The Labute approximate surface area is 143 Å². The first kappa shape index (κ1) is 16.6. The Hall–Kier alpha value is -1.85. The highest BCUT2D eigenvalue weighted by molar-refractivity contribution is 5.81. The van der Waals surface area contributed by atoms with Crippen LogP contribution in [0.3, 0.4) is 0 Å². The topological polar surface area (TPSA) is 138 Å². The number of aromatic nitrogens is 4. The van der Waals surface area contributed by atoms with Crippen LogP contribution in [0.15, 0.2) is 12.7 Å². The molecule has 4 rings (SSSR count). The van der Waals surface area contributed by atoms with Crippen molar-refractivity contribution in [3.05, 3.63) is 12.7 Å². The Bertz CT molecular complexity index is 734. The van der Waals surface area contributed by atoms with Gasteiger partial charge in [-0.2, -0.15) is 0 Å². The molecule has 136 valence electrons. The quantitative estimate of drug-likeness (QED) is 0.670. The van der Waals surface area contributed by atoms with Gasteiger partial charge in [0.2, 0.25) is 0 Å². The normalized spacial score (nSPS) is 33.1. The van der Waals surface area contributed by atoms with Gasteiger partial charge in [0.05, 0.1) is 12.9 Å². The van der Waals surface area contributed by atoms with Gasteiger partial charge in [-0.25, -0.2) is 15.0 Å². The van der Waals surface area contributed by atoms with Crippen LogP contribution in [0, 0.1) is 0 Å². The van der Waals surface area contributed by atoms with E-state index in [4.69, 9.17) is 19.9 Å². The van der Waals surface area contributed by atoms with Gasteiger partial charge in [-0.1, -0.05) is 0 Å². The molecule has 0 amide bonds. The number of ether oxygens (including phenoxy) is 3. The summed E-state index contributed by atoms with van der Waals surface area (Å²) in [6, 6.07) is 0. The van der Waals surface area contributed by atoms with Crippen molar-refractivity contribution in [2.75, 3.05) is 18.9 Å². The molecule has 2 aromatic rings. The van der Waals surface area contributed by atoms with E-state index < -0.39 is 30.8 Å². The fraction of sp³-hybridized carbons (Fsp3) is 0.667. The monoisotopic (exact) mass is 351 g/mol. The summed E-state index contributed by atoms with van der Waals surface area (Å²) in [5.74, 6) is 0.248. The number of imidazole rings is 1. The van der Waals surface area contributed by atoms with Gasteiger partial charge in [-0.15, -0.1) is 0 Å². The van der Waals surface area contributed by atoms with E-state index in [1.165, 1.54) is 12.7 Å². The summed E-state index contributed by atoms with van der Waals surface area (Å²) >= 11 is 0. The highest BCUT2D eigenvalue weighted by Crippen LogP contribution is 2.34. The lowest BCUT2D eigenvalue weighted by Crippen LogP contribution is -2.40. The van der Waals surface area contributed by atoms with E-state index in [-0.39, 0.29) is 12.4 Å². The van der Waals surface area contributed by atoms with Crippen LogP contribution in [0.2, 0.25) is 0 Å². The summed E-state index contributed by atoms with van der Waals surface area (Å²) in [6.07, 6.45) is 1.95. The van der Waals surface area contributed by atoms with Gasteiger partial charge >= 0.3 is 0 Å². The van der Waals surface area contributed by atoms with Crippen LogP contribution >= 0.6 is 0 Å². The largest absolute Gasteiger partial charge is 0.394 e. The standard InChI is InChI=1S/C15H21N5O5/c16-13-10-14(18-6-17-13)20(7-19-10)15-11(22)12(8(5-21)24-15)25-9-3-1-2-4-23-9/h6-9,11-12,15,21-22H,1-5H2,(H2,16,17,18)/t8-,9?,11-,12-,15-/m1/s1. The first-order valence-corrected chi connectivity index (χ1v) is 8.33. The average Bonchev–Trinajstić information content (AvgIpc) is 3.19. The molecule has 1 unspecified atom stereocenters. The molecule has 2 aliphatic rings. The van der Waals surface area contributed by atoms with Crippen LogP contribution in [0.4, 0.5) is 5.82 Å². The van der Waals surface area contributed by atoms with Crippen molar-refractivity contribution in [2.45, 2.75) is 50.1 Å². The fourth-order valence-electron chi connectivity index (χ4n) is 3.31. The first-order chi connectivity index (χ1) is 12.2. The smallest absolute Gasteiger partial charge is 0.167 e. The second-order valence-electron chi connectivity index (χ2n) is 6.22. The third-order valence-electron chi connectivity index (χ3n) is 4.60. The SMILES string of the molecule is Nc1ncnc2c1ncn2[C@@H]1O[C@H](CO)[C@@H](OC2CCCCO2)[C@H]1O. The highest BCUT2D eigenvalue weighted by Gasteiger charge is 2.47. The maximum absolute atomic E-state index is 10.7. The van der Waals surface area contributed by atoms with Gasteiger partial charge in [0, 0.05) is 6.61 Å². The summed E-state index contributed by atoms with van der Waals surface area (Å²) in [4.78, 5) is 12.2. The number of anilines is 1. The minimum absolute atomic E-state index is 0.248. The van der Waals surface area contributed by atoms with Crippen LogP contribution in [0.25, 0.3) is 11.2 Å². The summed E-state index contributed by atoms with van der Waals surface area (Å²) in [6.45, 7) is 0.346. The van der Waals surface area contributed by atoms with E-state index >= 15 is 0 Å². The number of nitrogens with zero attached hydrogens (tertiary/aromatic N) is 4. The van der Waals surface area contributed by atoms with Gasteiger partial charge in [-0.05, 0) is 19.3 Å². The van der Waals surface area contributed by atoms with Crippen LogP contribution in [0.1, 0.15) is 25.5 Å². The zero-order chi connectivity index (χ0) is 17.4. The molecule has 0 radical (unpaired) electrons. The molecule has 10 nitrogen and oxygen atoms in total. The lowest BCUT2D eigenvalue weighted by Gasteiger charge is -2.28. The van der Waals surface area contributed by atoms with Crippen molar-refractivity contribution in [2.24, 2.45) is 0 Å². The van der Waals surface area contributed by atoms with Gasteiger partial charge in [-0.3, -0.25) is 4.57 Å². The van der Waals surface area contributed by atoms with E-state index in [2.05, 4.69) is 15.0 Å². The van der Waals surface area contributed by atoms with Crippen molar-refractivity contribution in [3.8, 4) is 0 Å². The summed E-state index contributed by atoms with van der Waals surface area (Å²) in [7, 11) is 0. The number of nitrogens with two attached hydrogens (primary N) is 1. The molecule has 2 aromatic heterocycles. The van der Waals surface area contributed by atoms with Crippen molar-refractivity contribution < 1.29 is 24.4 Å². The van der Waals surface area contributed by atoms with Gasteiger partial charge < -0.3 is 30.2 Å². The second kappa shape index (κ2) is 6.81. The fourth-order valence-corrected chi connectivity index (χ4v) is 3.31. The number of hydrogen-bond acceptors (Lipinski definition) is 9. The van der Waals surface area contributed by atoms with Crippen molar-refractivity contribution in [1.82, 2.24) is 19.5 Å². The molecule has 2 aliphatic heterocycles. The van der Waals surface area contributed by atoms with Crippen LogP contribution < -0.4 is 5.73 Å². The molecule has 4 N–H and O–H groups in total. The third kappa shape index (κ3) is 2.96. The van der Waals surface area contributed by atoms with Crippen molar-refractivity contribution in [3.63, 3.8) is 0 Å². The second-order valence-corrected chi connectivity index (χ2v) is 6.22. The predicted octanol–water partition coefficient (Wildman–Crippen LogP) is -0.429. The number of nitrogen functional groups attached to an aromatic ring is 1. The van der Waals surface area contributed by atoms with E-state index in [0.717, 1.165) is 19.3 Å². The number of aliphatic hydroxyl groups excluding tert-OH is 2. The molecule has 10 heteroatoms. The number of hydrogen-bond donors (Lipinski definition) is 3. The van der Waals surface area contributed by atoms with Crippen molar-refractivity contribution >= 4 is 17.0 Å². The molecule has 2 fully saturated rings. The lowest BCUT2D eigenvalue weighted by molar-refractivity contribution is -0.210. The van der Waals surface area contributed by atoms with Crippen LogP contribution in [0.5, 0.6) is 0 Å². The molecule has 4 heterocycles. The lowest BCUT2D eigenvalue weighted by atomic mass is 10.1. The Morgan fingerprint density at radius 3 is 2.96 bits per heavy atom. The summed E-state index contributed by atoms with van der Waals surface area (Å²) < 4.78 is 18.8. The van der Waals surface area contributed by atoms with E-state index in [1.807, 2.05) is 0 Å². The Kier molecular flexibility index (Phi) is 4.52. The number of aliphatic hydroxyl groups is 2. The number of fused-ring (bicyclic) bond motifs is 1. The highest BCUT2D eigenvalue weighted by atomic mass is 16.7. The van der Waals surface area contributed by atoms with Crippen molar-refractivity contribution in [1.29, 1.82) is 0 Å². The Balaban J connectivity index is 1.59. The van der Waals surface area contributed by atoms with Gasteiger partial charge in [0.25, 0.3) is 0 Å². The van der Waals surface area contributed by atoms with E-state index in [9.17, 15) is 10.2 Å². The minimum Gasteiger partial charge on any atom is -0.394 e. The molecule has 0 bridgehead atoms. The van der Waals surface area contributed by atoms with Crippen LogP contribution in [-0.2, 0) is 14.2 Å². The van der Waals surface area contributed by atoms with Crippen LogP contribution in [-0.4, -0.2) is 67.5 Å². The molecule has 25 heavy (non-hydrogen) atoms. The molecular formula is C15H21N5O5. The molecule has 0 saturated carbocycles. The first-order valence-electron chi connectivity index (χ1n) is 8.33. The maximum Gasteiger partial charge on any atom is 0.167 e. The molecule has 0 aliphatic carbocycles. The molecule has 0 spiro atoms. The Morgan fingerprint density at radius 1 is 1.32 bits per heavy atom. The molecule has 2 saturated heterocycles. The summed E-state index contributed by atoms with van der Waals surface area (Å²) in [5, 5.41) is 20.4. The third-order valence-corrected chi connectivity index (χ3v) is 4.60. The van der Waals surface area contributed by atoms with Gasteiger partial charge in [0.15, 0.2) is 24.0 Å². The molecule has 0 aromatic carbocycles. The average molecular weight is 351 g/mol.